The lowest BCUT2D eigenvalue weighted by atomic mass is 10.1. The van der Waals surface area contributed by atoms with Crippen LogP contribution in [0.1, 0.15) is 25.7 Å². The number of pyridine rings is 1. The summed E-state index contributed by atoms with van der Waals surface area (Å²) in [6.45, 7) is 2.11. The molecule has 0 aliphatic carbocycles. The van der Waals surface area contributed by atoms with E-state index in [4.69, 9.17) is 10.3 Å². The van der Waals surface area contributed by atoms with Crippen LogP contribution in [-0.4, -0.2) is 21.2 Å². The molecule has 5 nitrogen and oxygen atoms in total. The van der Waals surface area contributed by atoms with Crippen LogP contribution >= 0.6 is 0 Å². The molecule has 17 heavy (non-hydrogen) atoms. The second kappa shape index (κ2) is 5.54. The van der Waals surface area contributed by atoms with Gasteiger partial charge in [0.2, 0.25) is 11.7 Å². The first kappa shape index (κ1) is 11.7. The number of hydrogen-bond acceptors (Lipinski definition) is 5. The van der Waals surface area contributed by atoms with Gasteiger partial charge in [0, 0.05) is 30.4 Å². The average molecular weight is 232 g/mol. The Morgan fingerprint density at radius 2 is 2.12 bits per heavy atom. The Morgan fingerprint density at radius 1 is 1.35 bits per heavy atom. The summed E-state index contributed by atoms with van der Waals surface area (Å²) in [5.74, 6) is 1.18. The van der Waals surface area contributed by atoms with Crippen LogP contribution in [0, 0.1) is 0 Å². The molecule has 0 saturated carbocycles. The van der Waals surface area contributed by atoms with Gasteiger partial charge in [-0.1, -0.05) is 18.5 Å². The van der Waals surface area contributed by atoms with Gasteiger partial charge >= 0.3 is 0 Å². The summed E-state index contributed by atoms with van der Waals surface area (Å²) in [4.78, 5) is 8.26. The summed E-state index contributed by atoms with van der Waals surface area (Å²) >= 11 is 0. The van der Waals surface area contributed by atoms with Gasteiger partial charge in [-0.2, -0.15) is 4.98 Å². The highest BCUT2D eigenvalue weighted by atomic mass is 16.5. The van der Waals surface area contributed by atoms with Crippen LogP contribution in [-0.2, 0) is 6.42 Å². The van der Waals surface area contributed by atoms with E-state index < -0.39 is 0 Å². The van der Waals surface area contributed by atoms with Gasteiger partial charge in [0.15, 0.2) is 0 Å². The van der Waals surface area contributed by atoms with Gasteiger partial charge in [0.1, 0.15) is 0 Å². The van der Waals surface area contributed by atoms with Crippen molar-refractivity contribution in [1.82, 2.24) is 15.1 Å². The van der Waals surface area contributed by atoms with E-state index in [9.17, 15) is 0 Å². The fourth-order valence-electron chi connectivity index (χ4n) is 1.65. The van der Waals surface area contributed by atoms with Crippen LogP contribution in [0.4, 0.5) is 0 Å². The highest BCUT2D eigenvalue weighted by molar-refractivity contribution is 5.52. The first-order chi connectivity index (χ1) is 8.29. The molecule has 1 atom stereocenters. The molecular weight excluding hydrogens is 216 g/mol. The molecule has 2 rings (SSSR count). The Balaban J connectivity index is 2.06. The summed E-state index contributed by atoms with van der Waals surface area (Å²) in [6, 6.07) is 3.78. The van der Waals surface area contributed by atoms with Gasteiger partial charge in [0.05, 0.1) is 0 Å². The van der Waals surface area contributed by atoms with E-state index in [1.165, 1.54) is 0 Å². The minimum atomic E-state index is 0.0886. The third-order valence-electron chi connectivity index (χ3n) is 2.50. The SMILES string of the molecule is CCCC(N)Cc1nc(-c2ccncc2)no1. The lowest BCUT2D eigenvalue weighted by molar-refractivity contribution is 0.366. The van der Waals surface area contributed by atoms with Crippen molar-refractivity contribution in [2.45, 2.75) is 32.2 Å². The molecule has 0 bridgehead atoms. The van der Waals surface area contributed by atoms with Gasteiger partial charge in [-0.15, -0.1) is 0 Å². The molecule has 5 heteroatoms. The van der Waals surface area contributed by atoms with Crippen molar-refractivity contribution in [1.29, 1.82) is 0 Å². The minimum absolute atomic E-state index is 0.0886. The maximum absolute atomic E-state index is 5.93. The summed E-state index contributed by atoms with van der Waals surface area (Å²) in [5, 5.41) is 3.93. The average Bonchev–Trinajstić information content (AvgIpc) is 2.79. The zero-order valence-electron chi connectivity index (χ0n) is 9.84. The first-order valence-corrected chi connectivity index (χ1v) is 5.78. The quantitative estimate of drug-likeness (QED) is 0.850. The normalized spacial score (nSPS) is 12.6. The molecule has 2 aromatic rings. The Labute approximate surface area is 100 Å². The van der Waals surface area contributed by atoms with Gasteiger partial charge in [0.25, 0.3) is 0 Å². The summed E-state index contributed by atoms with van der Waals surface area (Å²) in [6.07, 6.45) is 6.06. The van der Waals surface area contributed by atoms with Crippen molar-refractivity contribution in [2.24, 2.45) is 5.73 Å². The van der Waals surface area contributed by atoms with E-state index in [2.05, 4.69) is 22.0 Å². The van der Waals surface area contributed by atoms with E-state index in [0.29, 0.717) is 18.1 Å². The van der Waals surface area contributed by atoms with Crippen molar-refractivity contribution in [3.8, 4) is 11.4 Å². The molecule has 0 radical (unpaired) electrons. The Morgan fingerprint density at radius 3 is 2.82 bits per heavy atom. The zero-order chi connectivity index (χ0) is 12.1. The second-order valence-corrected chi connectivity index (χ2v) is 4.00. The molecule has 2 N–H and O–H groups in total. The van der Waals surface area contributed by atoms with Crippen molar-refractivity contribution in [2.75, 3.05) is 0 Å². The highest BCUT2D eigenvalue weighted by Crippen LogP contribution is 2.14. The summed E-state index contributed by atoms with van der Waals surface area (Å²) < 4.78 is 5.17. The first-order valence-electron chi connectivity index (χ1n) is 5.78. The van der Waals surface area contributed by atoms with E-state index in [0.717, 1.165) is 18.4 Å². The van der Waals surface area contributed by atoms with Gasteiger partial charge in [-0.05, 0) is 18.6 Å². The number of rotatable bonds is 5. The molecule has 90 valence electrons. The molecule has 0 aliphatic heterocycles. The van der Waals surface area contributed by atoms with Crippen LogP contribution in [0.5, 0.6) is 0 Å². The fourth-order valence-corrected chi connectivity index (χ4v) is 1.65. The largest absolute Gasteiger partial charge is 0.339 e. The number of hydrogen-bond donors (Lipinski definition) is 1. The van der Waals surface area contributed by atoms with E-state index in [-0.39, 0.29) is 6.04 Å². The minimum Gasteiger partial charge on any atom is -0.339 e. The Kier molecular flexibility index (Phi) is 3.82. The topological polar surface area (TPSA) is 77.8 Å². The lowest BCUT2D eigenvalue weighted by Crippen LogP contribution is -2.22. The van der Waals surface area contributed by atoms with Gasteiger partial charge < -0.3 is 10.3 Å². The van der Waals surface area contributed by atoms with Gasteiger partial charge in [-0.25, -0.2) is 0 Å². The zero-order valence-corrected chi connectivity index (χ0v) is 9.84. The standard InChI is InChI=1S/C12H16N4O/c1-2-3-10(13)8-11-15-12(16-17-11)9-4-6-14-7-5-9/h4-7,10H,2-3,8,13H2,1H3. The molecule has 0 amide bonds. The van der Waals surface area contributed by atoms with Crippen LogP contribution in [0.25, 0.3) is 11.4 Å². The number of aromatic nitrogens is 3. The molecule has 1 unspecified atom stereocenters. The molecule has 2 heterocycles. The van der Waals surface area contributed by atoms with Gasteiger partial charge in [-0.3, -0.25) is 4.98 Å². The third kappa shape index (κ3) is 3.10. The van der Waals surface area contributed by atoms with Crippen molar-refractivity contribution in [3.05, 3.63) is 30.4 Å². The molecule has 0 fully saturated rings. The molecule has 0 aliphatic rings. The van der Waals surface area contributed by atoms with Crippen LogP contribution in [0.2, 0.25) is 0 Å². The summed E-state index contributed by atoms with van der Waals surface area (Å²) in [7, 11) is 0. The molecular formula is C12H16N4O. The number of nitrogens with two attached hydrogens (primary N) is 1. The molecule has 2 aromatic heterocycles. The highest BCUT2D eigenvalue weighted by Gasteiger charge is 2.11. The Hall–Kier alpha value is -1.75. The third-order valence-corrected chi connectivity index (χ3v) is 2.50. The second-order valence-electron chi connectivity index (χ2n) is 4.00. The van der Waals surface area contributed by atoms with Crippen molar-refractivity contribution in [3.63, 3.8) is 0 Å². The predicted molar refractivity (Wildman–Crippen MR) is 64.1 cm³/mol. The van der Waals surface area contributed by atoms with Crippen LogP contribution in [0.15, 0.2) is 29.0 Å². The van der Waals surface area contributed by atoms with E-state index >= 15 is 0 Å². The van der Waals surface area contributed by atoms with Crippen molar-refractivity contribution < 1.29 is 4.52 Å². The maximum atomic E-state index is 5.93. The monoisotopic (exact) mass is 232 g/mol. The van der Waals surface area contributed by atoms with Crippen LogP contribution < -0.4 is 5.73 Å². The van der Waals surface area contributed by atoms with E-state index in [1.807, 2.05) is 12.1 Å². The maximum Gasteiger partial charge on any atom is 0.228 e. The predicted octanol–water partition coefficient (Wildman–Crippen LogP) is 1.80. The van der Waals surface area contributed by atoms with Crippen LogP contribution in [0.3, 0.4) is 0 Å². The molecule has 0 spiro atoms. The summed E-state index contributed by atoms with van der Waals surface area (Å²) in [5.41, 5.74) is 6.83. The Bertz CT molecular complexity index is 455. The smallest absolute Gasteiger partial charge is 0.228 e. The van der Waals surface area contributed by atoms with E-state index in [1.54, 1.807) is 12.4 Å². The molecule has 0 aromatic carbocycles. The molecule has 0 saturated heterocycles. The fraction of sp³-hybridized carbons (Fsp3) is 0.417. The lowest BCUT2D eigenvalue weighted by Gasteiger charge is -2.05. The van der Waals surface area contributed by atoms with Crippen molar-refractivity contribution >= 4 is 0 Å². The number of nitrogens with zero attached hydrogens (tertiary/aromatic N) is 3.